The summed E-state index contributed by atoms with van der Waals surface area (Å²) in [5.41, 5.74) is 0.883. The summed E-state index contributed by atoms with van der Waals surface area (Å²) >= 11 is 0. The summed E-state index contributed by atoms with van der Waals surface area (Å²) in [5, 5.41) is 13.4. The van der Waals surface area contributed by atoms with Gasteiger partial charge >= 0.3 is 5.97 Å². The molecule has 0 aromatic heterocycles. The molecule has 0 unspecified atom stereocenters. The minimum absolute atomic E-state index is 0.0656. The molecular formula is C27H41NO7. The van der Waals surface area contributed by atoms with Gasteiger partial charge in [-0.05, 0) is 52.5 Å². The van der Waals surface area contributed by atoms with Gasteiger partial charge in [-0.1, -0.05) is 30.7 Å². The monoisotopic (exact) mass is 491 g/mol. The number of rotatable bonds is 8. The molecular weight excluding hydrogens is 450 g/mol. The van der Waals surface area contributed by atoms with Crippen LogP contribution in [0.2, 0.25) is 0 Å². The summed E-state index contributed by atoms with van der Waals surface area (Å²) in [6.45, 7) is 11.6. The van der Waals surface area contributed by atoms with Gasteiger partial charge in [-0.25, -0.2) is 0 Å². The fourth-order valence-corrected chi connectivity index (χ4v) is 4.97. The summed E-state index contributed by atoms with van der Waals surface area (Å²) in [6.07, 6.45) is 11.4. The summed E-state index contributed by atoms with van der Waals surface area (Å²) in [5.74, 6) is -1.49. The van der Waals surface area contributed by atoms with Crippen molar-refractivity contribution < 1.29 is 33.6 Å². The zero-order chi connectivity index (χ0) is 25.8. The number of aliphatic hydroxyl groups is 1. The average Bonchev–Trinajstić information content (AvgIpc) is 3.47. The van der Waals surface area contributed by atoms with Crippen molar-refractivity contribution in [3.8, 4) is 0 Å². The van der Waals surface area contributed by atoms with Crippen LogP contribution in [0.3, 0.4) is 0 Å². The van der Waals surface area contributed by atoms with Crippen molar-refractivity contribution in [2.45, 2.75) is 109 Å². The number of esters is 1. The van der Waals surface area contributed by atoms with Crippen molar-refractivity contribution in [2.75, 3.05) is 6.61 Å². The maximum Gasteiger partial charge on any atom is 0.303 e. The Balaban J connectivity index is 1.46. The van der Waals surface area contributed by atoms with Crippen molar-refractivity contribution in [3.63, 3.8) is 0 Å². The molecule has 1 amide bonds. The Morgan fingerprint density at radius 2 is 1.97 bits per heavy atom. The normalized spacial score (nSPS) is 38.6. The highest BCUT2D eigenvalue weighted by molar-refractivity contribution is 5.87. The molecule has 0 radical (unpaired) electrons. The molecule has 8 nitrogen and oxygen atoms in total. The van der Waals surface area contributed by atoms with Crippen LogP contribution in [0.25, 0.3) is 0 Å². The Bertz CT molecular complexity index is 852. The van der Waals surface area contributed by atoms with Crippen molar-refractivity contribution in [1.29, 1.82) is 0 Å². The van der Waals surface area contributed by atoms with Crippen LogP contribution >= 0.6 is 0 Å². The van der Waals surface area contributed by atoms with E-state index < -0.39 is 11.9 Å². The number of ether oxygens (including phenoxy) is 4. The lowest BCUT2D eigenvalue weighted by molar-refractivity contribution is -0.244. The minimum atomic E-state index is -1.16. The molecule has 8 atom stereocenters. The molecule has 0 aliphatic carbocycles. The lowest BCUT2D eigenvalue weighted by atomic mass is 9.88. The maximum absolute atomic E-state index is 12.3. The second kappa shape index (κ2) is 11.4. The molecule has 196 valence electrons. The van der Waals surface area contributed by atoms with Gasteiger partial charge < -0.3 is 29.4 Å². The van der Waals surface area contributed by atoms with E-state index in [2.05, 4.69) is 18.3 Å². The summed E-state index contributed by atoms with van der Waals surface area (Å²) < 4.78 is 22.6. The molecule has 2 N–H and O–H groups in total. The van der Waals surface area contributed by atoms with Crippen molar-refractivity contribution in [3.05, 3.63) is 36.0 Å². The molecule has 1 spiro atoms. The molecule has 3 heterocycles. The smallest absolute Gasteiger partial charge is 0.303 e. The average molecular weight is 492 g/mol. The molecule has 0 aromatic rings. The Morgan fingerprint density at radius 1 is 1.26 bits per heavy atom. The summed E-state index contributed by atoms with van der Waals surface area (Å²) in [4.78, 5) is 23.3. The molecule has 3 fully saturated rings. The highest BCUT2D eigenvalue weighted by Crippen LogP contribution is 2.45. The van der Waals surface area contributed by atoms with E-state index in [-0.39, 0.29) is 47.7 Å². The highest BCUT2D eigenvalue weighted by Gasteiger charge is 2.54. The van der Waals surface area contributed by atoms with Gasteiger partial charge in [0.25, 0.3) is 0 Å². The molecule has 3 aliphatic heterocycles. The largest absolute Gasteiger partial charge is 0.459 e. The first-order valence-electron chi connectivity index (χ1n) is 12.6. The van der Waals surface area contributed by atoms with Gasteiger partial charge in [0, 0.05) is 25.8 Å². The van der Waals surface area contributed by atoms with Gasteiger partial charge in [0.1, 0.15) is 6.10 Å². The van der Waals surface area contributed by atoms with Crippen LogP contribution in [0.4, 0.5) is 0 Å². The summed E-state index contributed by atoms with van der Waals surface area (Å²) in [7, 11) is 0. The van der Waals surface area contributed by atoms with Gasteiger partial charge in [-0.2, -0.15) is 0 Å². The Kier molecular flexibility index (Phi) is 8.96. The molecule has 0 saturated carbocycles. The van der Waals surface area contributed by atoms with Crippen molar-refractivity contribution in [1.82, 2.24) is 5.32 Å². The van der Waals surface area contributed by atoms with Crippen LogP contribution in [0, 0.1) is 5.92 Å². The Morgan fingerprint density at radius 3 is 2.63 bits per heavy atom. The SMILES string of the molecule is CC(=O)O[C@@H](C)C=CC(=O)N[C@@H]1C[C@H](C)[C@H](CC=C(C)C=C[C@@H]2C[C@@]3(CO3)C[C@@](C)(O)O2)O[C@@H]1C. The minimum Gasteiger partial charge on any atom is -0.459 e. The second-order valence-corrected chi connectivity index (χ2v) is 10.6. The number of amides is 1. The Labute approximate surface area is 208 Å². The molecule has 0 bridgehead atoms. The van der Waals surface area contributed by atoms with Crippen LogP contribution in [0.1, 0.15) is 67.2 Å². The van der Waals surface area contributed by atoms with E-state index in [1.165, 1.54) is 13.0 Å². The molecule has 3 saturated heterocycles. The number of hydrogen-bond acceptors (Lipinski definition) is 7. The van der Waals surface area contributed by atoms with E-state index in [1.807, 2.05) is 26.0 Å². The standard InChI is InChI=1S/C27H41NO7/c1-17(7-10-22-14-27(16-32-27)15-26(6,31)35-22)8-11-24-18(2)13-23(20(4)34-24)28-25(30)12-9-19(3)33-21(5)29/h7-10,12,18-20,22-24,31H,11,13-16H2,1-6H3,(H,28,30)/t18-,19-,20+,22+,23+,24-,26-,27-/m0/s1. The van der Waals surface area contributed by atoms with Crippen LogP contribution in [-0.2, 0) is 28.5 Å². The zero-order valence-electron chi connectivity index (χ0n) is 21.8. The number of nitrogens with one attached hydrogen (secondary N) is 1. The number of hydrogen-bond donors (Lipinski definition) is 2. The lowest BCUT2D eigenvalue weighted by Crippen LogP contribution is -2.50. The van der Waals surface area contributed by atoms with Crippen molar-refractivity contribution in [2.24, 2.45) is 5.92 Å². The third-order valence-electron chi connectivity index (χ3n) is 6.84. The van der Waals surface area contributed by atoms with E-state index in [4.69, 9.17) is 18.9 Å². The zero-order valence-corrected chi connectivity index (χ0v) is 21.8. The second-order valence-electron chi connectivity index (χ2n) is 10.6. The number of carbonyl (C=O) groups is 2. The van der Waals surface area contributed by atoms with Crippen LogP contribution < -0.4 is 5.32 Å². The molecule has 3 aliphatic rings. The van der Waals surface area contributed by atoms with E-state index in [1.54, 1.807) is 19.9 Å². The fraction of sp³-hybridized carbons (Fsp3) is 0.704. The van der Waals surface area contributed by atoms with Crippen LogP contribution in [0.15, 0.2) is 36.0 Å². The van der Waals surface area contributed by atoms with Gasteiger partial charge in [-0.15, -0.1) is 0 Å². The predicted molar refractivity (Wildman–Crippen MR) is 131 cm³/mol. The third kappa shape index (κ3) is 8.56. The van der Waals surface area contributed by atoms with E-state index in [0.717, 1.165) is 24.8 Å². The van der Waals surface area contributed by atoms with E-state index in [9.17, 15) is 14.7 Å². The molecule has 0 aromatic carbocycles. The van der Waals surface area contributed by atoms with Crippen molar-refractivity contribution >= 4 is 11.9 Å². The quantitative estimate of drug-likeness (QED) is 0.232. The van der Waals surface area contributed by atoms with Gasteiger partial charge in [0.15, 0.2) is 5.79 Å². The topological polar surface area (TPSA) is 107 Å². The molecule has 35 heavy (non-hydrogen) atoms. The number of allylic oxidation sites excluding steroid dienone is 2. The lowest BCUT2D eigenvalue weighted by Gasteiger charge is -2.39. The first kappa shape index (κ1) is 27.6. The molecule has 8 heteroatoms. The van der Waals surface area contributed by atoms with Gasteiger partial charge in [-0.3, -0.25) is 9.59 Å². The van der Waals surface area contributed by atoms with E-state index in [0.29, 0.717) is 13.0 Å². The first-order chi connectivity index (χ1) is 16.4. The van der Waals surface area contributed by atoms with E-state index >= 15 is 0 Å². The first-order valence-corrected chi connectivity index (χ1v) is 12.6. The Hall–Kier alpha value is -2.00. The van der Waals surface area contributed by atoms with Crippen LogP contribution in [0.5, 0.6) is 0 Å². The third-order valence-corrected chi connectivity index (χ3v) is 6.84. The van der Waals surface area contributed by atoms with Crippen LogP contribution in [-0.4, -0.2) is 65.4 Å². The van der Waals surface area contributed by atoms with Gasteiger partial charge in [0.05, 0.1) is 36.6 Å². The highest BCUT2D eigenvalue weighted by atomic mass is 16.7. The molecule has 3 rings (SSSR count). The number of carbonyl (C=O) groups excluding carboxylic acids is 2. The predicted octanol–water partition coefficient (Wildman–Crippen LogP) is 3.34. The number of epoxide rings is 1. The maximum atomic E-state index is 12.3. The fourth-order valence-electron chi connectivity index (χ4n) is 4.97. The summed E-state index contributed by atoms with van der Waals surface area (Å²) in [6, 6.07) is -0.0828. The van der Waals surface area contributed by atoms with Gasteiger partial charge in [0.2, 0.25) is 5.91 Å².